The first kappa shape index (κ1) is 19.5. The fourth-order valence-corrected chi connectivity index (χ4v) is 3.21. The molecule has 1 N–H and O–H groups in total. The van der Waals surface area contributed by atoms with E-state index in [0.29, 0.717) is 16.8 Å². The number of Topliss-reactive ketones (excluding diaryl/α,β-unsaturated/α-hetero) is 1. The molecule has 1 amide bonds. The first-order valence-electron chi connectivity index (χ1n) is 8.80. The van der Waals surface area contributed by atoms with Gasteiger partial charge in [0, 0.05) is 10.9 Å². The summed E-state index contributed by atoms with van der Waals surface area (Å²) < 4.78 is 5.18. The van der Waals surface area contributed by atoms with Crippen LogP contribution in [0.25, 0.3) is 0 Å². The number of thiophene rings is 1. The van der Waals surface area contributed by atoms with Gasteiger partial charge in [0.05, 0.1) is 16.8 Å². The summed E-state index contributed by atoms with van der Waals surface area (Å²) in [6.45, 7) is 1.67. The standard InChI is InChI=1S/C22H19NO4S/c1-2-15-7-9-16(10-8-15)20(24)13-27-22(26)18-5-3-4-6-19(18)23-21(25)17-11-12-28-14-17/h3-12,14H,2,13H2,1H3,(H,23,25). The molecule has 3 aromatic rings. The van der Waals surface area contributed by atoms with E-state index in [9.17, 15) is 14.4 Å². The predicted molar refractivity (Wildman–Crippen MR) is 109 cm³/mol. The summed E-state index contributed by atoms with van der Waals surface area (Å²) in [5.74, 6) is -1.26. The second-order valence-corrected chi connectivity index (χ2v) is 6.84. The molecule has 0 aliphatic rings. The molecular weight excluding hydrogens is 374 g/mol. The maximum Gasteiger partial charge on any atom is 0.340 e. The minimum absolute atomic E-state index is 0.195. The van der Waals surface area contributed by atoms with E-state index in [1.165, 1.54) is 11.3 Å². The van der Waals surface area contributed by atoms with E-state index < -0.39 is 5.97 Å². The molecule has 0 saturated heterocycles. The van der Waals surface area contributed by atoms with Crippen molar-refractivity contribution in [2.45, 2.75) is 13.3 Å². The van der Waals surface area contributed by atoms with E-state index in [0.717, 1.165) is 12.0 Å². The van der Waals surface area contributed by atoms with Crippen molar-refractivity contribution >= 4 is 34.7 Å². The van der Waals surface area contributed by atoms with Crippen LogP contribution in [0.1, 0.15) is 43.6 Å². The van der Waals surface area contributed by atoms with Gasteiger partial charge in [0.1, 0.15) is 0 Å². The van der Waals surface area contributed by atoms with Gasteiger partial charge in [0.25, 0.3) is 5.91 Å². The van der Waals surface area contributed by atoms with Crippen molar-refractivity contribution in [1.29, 1.82) is 0 Å². The van der Waals surface area contributed by atoms with Gasteiger partial charge in [-0.3, -0.25) is 9.59 Å². The number of carbonyl (C=O) groups is 3. The fourth-order valence-electron chi connectivity index (χ4n) is 2.58. The number of amides is 1. The highest BCUT2D eigenvalue weighted by Crippen LogP contribution is 2.18. The third-order valence-electron chi connectivity index (χ3n) is 4.20. The molecular formula is C22H19NO4S. The number of anilines is 1. The molecule has 6 heteroatoms. The first-order valence-corrected chi connectivity index (χ1v) is 9.74. The van der Waals surface area contributed by atoms with Crippen molar-refractivity contribution in [2.75, 3.05) is 11.9 Å². The Morgan fingerprint density at radius 1 is 0.964 bits per heavy atom. The van der Waals surface area contributed by atoms with Crippen LogP contribution in [0, 0.1) is 0 Å². The van der Waals surface area contributed by atoms with Crippen LogP contribution in [0.5, 0.6) is 0 Å². The molecule has 142 valence electrons. The third-order valence-corrected chi connectivity index (χ3v) is 4.88. The number of ketones is 1. The van der Waals surface area contributed by atoms with Crippen LogP contribution in [0.2, 0.25) is 0 Å². The summed E-state index contributed by atoms with van der Waals surface area (Å²) in [7, 11) is 0. The van der Waals surface area contributed by atoms with Gasteiger partial charge in [-0.2, -0.15) is 11.3 Å². The van der Waals surface area contributed by atoms with Gasteiger partial charge in [0.2, 0.25) is 0 Å². The van der Waals surface area contributed by atoms with Crippen LogP contribution in [-0.4, -0.2) is 24.3 Å². The SMILES string of the molecule is CCc1ccc(C(=O)COC(=O)c2ccccc2NC(=O)c2ccsc2)cc1. The molecule has 1 heterocycles. The molecule has 5 nitrogen and oxygen atoms in total. The number of nitrogens with one attached hydrogen (secondary N) is 1. The van der Waals surface area contributed by atoms with Gasteiger partial charge in [-0.1, -0.05) is 43.3 Å². The highest BCUT2D eigenvalue weighted by atomic mass is 32.1. The lowest BCUT2D eigenvalue weighted by molar-refractivity contribution is 0.0475. The molecule has 1 aromatic heterocycles. The van der Waals surface area contributed by atoms with Crippen molar-refractivity contribution < 1.29 is 19.1 Å². The van der Waals surface area contributed by atoms with Crippen molar-refractivity contribution in [3.63, 3.8) is 0 Å². The van der Waals surface area contributed by atoms with E-state index >= 15 is 0 Å². The lowest BCUT2D eigenvalue weighted by Crippen LogP contribution is -2.18. The first-order chi connectivity index (χ1) is 13.6. The maximum absolute atomic E-state index is 12.4. The minimum Gasteiger partial charge on any atom is -0.454 e. The highest BCUT2D eigenvalue weighted by molar-refractivity contribution is 7.08. The maximum atomic E-state index is 12.4. The number of hydrogen-bond acceptors (Lipinski definition) is 5. The van der Waals surface area contributed by atoms with Crippen LogP contribution in [0.4, 0.5) is 5.69 Å². The van der Waals surface area contributed by atoms with Gasteiger partial charge < -0.3 is 10.1 Å². The zero-order valence-corrected chi connectivity index (χ0v) is 16.1. The predicted octanol–water partition coefficient (Wildman–Crippen LogP) is 4.60. The van der Waals surface area contributed by atoms with Gasteiger partial charge >= 0.3 is 5.97 Å². The Hall–Kier alpha value is -3.25. The Kier molecular flexibility index (Phi) is 6.34. The topological polar surface area (TPSA) is 72.5 Å². The Morgan fingerprint density at radius 3 is 2.39 bits per heavy atom. The molecule has 28 heavy (non-hydrogen) atoms. The average Bonchev–Trinajstić information content (AvgIpc) is 3.27. The Balaban J connectivity index is 1.65. The molecule has 0 fully saturated rings. The Labute approximate surface area is 167 Å². The second-order valence-electron chi connectivity index (χ2n) is 6.06. The molecule has 0 aliphatic heterocycles. The molecule has 0 aliphatic carbocycles. The number of aryl methyl sites for hydroxylation is 1. The van der Waals surface area contributed by atoms with Crippen LogP contribution < -0.4 is 5.32 Å². The van der Waals surface area contributed by atoms with Gasteiger partial charge in [0.15, 0.2) is 12.4 Å². The number of ether oxygens (including phenoxy) is 1. The zero-order valence-electron chi connectivity index (χ0n) is 15.3. The fraction of sp³-hybridized carbons (Fsp3) is 0.136. The largest absolute Gasteiger partial charge is 0.454 e. The number of rotatable bonds is 7. The monoisotopic (exact) mass is 393 g/mol. The minimum atomic E-state index is -0.667. The van der Waals surface area contributed by atoms with Crippen molar-refractivity contribution in [2.24, 2.45) is 0 Å². The molecule has 0 spiro atoms. The summed E-state index contributed by atoms with van der Waals surface area (Å²) in [5, 5.41) is 6.23. The normalized spacial score (nSPS) is 10.3. The third kappa shape index (κ3) is 4.72. The summed E-state index contributed by atoms with van der Waals surface area (Å²) >= 11 is 1.41. The quantitative estimate of drug-likeness (QED) is 0.470. The molecule has 0 atom stereocenters. The highest BCUT2D eigenvalue weighted by Gasteiger charge is 2.17. The summed E-state index contributed by atoms with van der Waals surface area (Å²) in [5.41, 5.74) is 2.66. The number of esters is 1. The molecule has 2 aromatic carbocycles. The number of para-hydroxylation sites is 1. The number of hydrogen-bond donors (Lipinski definition) is 1. The van der Waals surface area contributed by atoms with Crippen LogP contribution in [0.15, 0.2) is 65.4 Å². The molecule has 3 rings (SSSR count). The van der Waals surface area contributed by atoms with Gasteiger partial charge in [-0.05, 0) is 35.6 Å². The van der Waals surface area contributed by atoms with E-state index in [4.69, 9.17) is 4.74 Å². The summed E-state index contributed by atoms with van der Waals surface area (Å²) in [6, 6.07) is 15.5. The van der Waals surface area contributed by atoms with E-state index in [2.05, 4.69) is 5.32 Å². The summed E-state index contributed by atoms with van der Waals surface area (Å²) in [4.78, 5) is 36.9. The summed E-state index contributed by atoms with van der Waals surface area (Å²) in [6.07, 6.45) is 0.886. The number of benzene rings is 2. The Morgan fingerprint density at radius 2 is 1.71 bits per heavy atom. The van der Waals surface area contributed by atoms with Crippen molar-refractivity contribution in [3.8, 4) is 0 Å². The van der Waals surface area contributed by atoms with Gasteiger partial charge in [-0.15, -0.1) is 0 Å². The zero-order chi connectivity index (χ0) is 19.9. The molecule has 0 bridgehead atoms. The van der Waals surface area contributed by atoms with E-state index in [1.807, 2.05) is 19.1 Å². The smallest absolute Gasteiger partial charge is 0.340 e. The van der Waals surface area contributed by atoms with E-state index in [1.54, 1.807) is 53.2 Å². The van der Waals surface area contributed by atoms with Crippen LogP contribution in [-0.2, 0) is 11.2 Å². The average molecular weight is 393 g/mol. The van der Waals surface area contributed by atoms with Crippen molar-refractivity contribution in [1.82, 2.24) is 0 Å². The lowest BCUT2D eigenvalue weighted by Gasteiger charge is -2.10. The van der Waals surface area contributed by atoms with Gasteiger partial charge in [-0.25, -0.2) is 4.79 Å². The number of carbonyl (C=O) groups excluding carboxylic acids is 3. The van der Waals surface area contributed by atoms with E-state index in [-0.39, 0.29) is 23.9 Å². The molecule has 0 unspecified atom stereocenters. The van der Waals surface area contributed by atoms with Crippen molar-refractivity contribution in [3.05, 3.63) is 87.6 Å². The second kappa shape index (κ2) is 9.10. The van der Waals surface area contributed by atoms with Crippen LogP contribution >= 0.6 is 11.3 Å². The lowest BCUT2D eigenvalue weighted by atomic mass is 10.1. The molecule has 0 saturated carbocycles. The van der Waals surface area contributed by atoms with Crippen LogP contribution in [0.3, 0.4) is 0 Å². The molecule has 0 radical (unpaired) electrons. The Bertz CT molecular complexity index is 978.